The summed E-state index contributed by atoms with van der Waals surface area (Å²) in [6.45, 7) is -0.222. The molecular weight excluding hydrogens is 478 g/mol. The zero-order valence-electron chi connectivity index (χ0n) is 17.5. The summed E-state index contributed by atoms with van der Waals surface area (Å²) in [6.07, 6.45) is -9.24. The predicted molar refractivity (Wildman–Crippen MR) is 112 cm³/mol. The number of alkyl halides is 6. The number of para-hydroxylation sites is 1. The molecule has 0 bridgehead atoms. The van der Waals surface area contributed by atoms with Crippen LogP contribution in [0.2, 0.25) is 0 Å². The smallest absolute Gasteiger partial charge is 0.312 e. The number of carbonyl (C=O) groups is 2. The standard InChI is InChI=1S/C24H14F6N2O3/c25-23(26,27)16-7-3-5-14(11-16)13-32-19-10-2-1-9-18(19)20(21(32)33)31-35-22(34)15-6-4-8-17(12-15)24(28,29)30/h1-12H,13H2/b31-20+. The van der Waals surface area contributed by atoms with Crippen LogP contribution in [0.15, 0.2) is 78.0 Å². The van der Waals surface area contributed by atoms with Gasteiger partial charge in [0.2, 0.25) is 0 Å². The Hall–Kier alpha value is -4.15. The molecule has 1 amide bonds. The maximum absolute atomic E-state index is 13.1. The molecule has 180 valence electrons. The molecule has 0 radical (unpaired) electrons. The van der Waals surface area contributed by atoms with Crippen LogP contribution in [-0.2, 0) is 28.5 Å². The molecule has 1 aliphatic rings. The molecule has 3 aromatic rings. The van der Waals surface area contributed by atoms with Gasteiger partial charge in [-0.3, -0.25) is 4.79 Å². The number of hydrogen-bond acceptors (Lipinski definition) is 4. The molecule has 0 N–H and O–H groups in total. The number of fused-ring (bicyclic) bond motifs is 1. The highest BCUT2D eigenvalue weighted by atomic mass is 19.4. The highest BCUT2D eigenvalue weighted by Gasteiger charge is 2.36. The molecular formula is C24H14F6N2O3. The van der Waals surface area contributed by atoms with Crippen LogP contribution in [0.1, 0.15) is 32.6 Å². The number of nitrogens with zero attached hydrogens (tertiary/aromatic N) is 2. The topological polar surface area (TPSA) is 59.0 Å². The van der Waals surface area contributed by atoms with E-state index in [0.717, 1.165) is 30.3 Å². The van der Waals surface area contributed by atoms with Gasteiger partial charge in [0.1, 0.15) is 0 Å². The summed E-state index contributed by atoms with van der Waals surface area (Å²) in [5, 5.41) is 3.58. The van der Waals surface area contributed by atoms with E-state index in [-0.39, 0.29) is 23.4 Å². The lowest BCUT2D eigenvalue weighted by atomic mass is 10.1. The molecule has 35 heavy (non-hydrogen) atoms. The second-order valence-electron chi connectivity index (χ2n) is 7.50. The maximum Gasteiger partial charge on any atom is 0.416 e. The van der Waals surface area contributed by atoms with Gasteiger partial charge in [-0.25, -0.2) is 4.79 Å². The van der Waals surface area contributed by atoms with Crippen molar-refractivity contribution >= 4 is 23.3 Å². The number of oxime groups is 1. The second kappa shape index (κ2) is 8.90. The largest absolute Gasteiger partial charge is 0.416 e. The van der Waals surface area contributed by atoms with Gasteiger partial charge < -0.3 is 9.74 Å². The summed E-state index contributed by atoms with van der Waals surface area (Å²) in [6, 6.07) is 14.2. The monoisotopic (exact) mass is 492 g/mol. The van der Waals surface area contributed by atoms with Crippen LogP contribution in [0.5, 0.6) is 0 Å². The average Bonchev–Trinajstić information content (AvgIpc) is 3.07. The Bertz CT molecular complexity index is 1330. The van der Waals surface area contributed by atoms with Crippen molar-refractivity contribution < 1.29 is 40.8 Å². The normalized spacial score (nSPS) is 14.9. The Labute approximate surface area is 194 Å². The zero-order chi connectivity index (χ0) is 25.4. The fourth-order valence-corrected chi connectivity index (χ4v) is 3.50. The van der Waals surface area contributed by atoms with Crippen molar-refractivity contribution in [3.63, 3.8) is 0 Å². The number of anilines is 1. The molecule has 0 atom stereocenters. The zero-order valence-corrected chi connectivity index (χ0v) is 17.5. The summed E-state index contributed by atoms with van der Waals surface area (Å²) in [7, 11) is 0. The van der Waals surface area contributed by atoms with Gasteiger partial charge in [-0.1, -0.05) is 41.6 Å². The van der Waals surface area contributed by atoms with Crippen LogP contribution >= 0.6 is 0 Å². The quantitative estimate of drug-likeness (QED) is 0.262. The molecule has 0 saturated carbocycles. The molecule has 5 nitrogen and oxygen atoms in total. The lowest BCUT2D eigenvalue weighted by molar-refractivity contribution is -0.138. The summed E-state index contributed by atoms with van der Waals surface area (Å²) >= 11 is 0. The van der Waals surface area contributed by atoms with Gasteiger partial charge in [0.05, 0.1) is 28.9 Å². The average molecular weight is 492 g/mol. The van der Waals surface area contributed by atoms with Crippen LogP contribution in [0, 0.1) is 0 Å². The number of carbonyl (C=O) groups excluding carboxylic acids is 2. The fourth-order valence-electron chi connectivity index (χ4n) is 3.50. The van der Waals surface area contributed by atoms with E-state index in [9.17, 15) is 35.9 Å². The Balaban J connectivity index is 1.60. The molecule has 0 aliphatic carbocycles. The number of halogens is 6. The molecule has 0 spiro atoms. The third-order valence-electron chi connectivity index (χ3n) is 5.14. The van der Waals surface area contributed by atoms with Crippen molar-refractivity contribution in [3.05, 3.63) is 101 Å². The number of hydrogen-bond donors (Lipinski definition) is 0. The molecule has 11 heteroatoms. The van der Waals surface area contributed by atoms with Crippen molar-refractivity contribution in [1.29, 1.82) is 0 Å². The van der Waals surface area contributed by atoms with E-state index < -0.39 is 40.9 Å². The first-order valence-corrected chi connectivity index (χ1v) is 9.99. The Morgan fingerprint density at radius 2 is 1.46 bits per heavy atom. The van der Waals surface area contributed by atoms with Crippen LogP contribution < -0.4 is 4.90 Å². The van der Waals surface area contributed by atoms with E-state index in [2.05, 4.69) is 5.16 Å². The first-order valence-electron chi connectivity index (χ1n) is 9.99. The number of benzene rings is 3. The lowest BCUT2D eigenvalue weighted by Gasteiger charge is -2.17. The maximum atomic E-state index is 13.1. The molecule has 1 heterocycles. The minimum absolute atomic E-state index is 0.199. The lowest BCUT2D eigenvalue weighted by Crippen LogP contribution is -2.30. The molecule has 1 aliphatic heterocycles. The highest BCUT2D eigenvalue weighted by molar-refractivity contribution is 6.54. The minimum atomic E-state index is -4.67. The van der Waals surface area contributed by atoms with E-state index in [1.54, 1.807) is 12.1 Å². The predicted octanol–water partition coefficient (Wildman–Crippen LogP) is 5.83. The first kappa shape index (κ1) is 24.0. The van der Waals surface area contributed by atoms with E-state index in [1.807, 2.05) is 0 Å². The summed E-state index contributed by atoms with van der Waals surface area (Å²) in [5.74, 6) is -1.97. The van der Waals surface area contributed by atoms with Crippen LogP contribution in [0.3, 0.4) is 0 Å². The Morgan fingerprint density at radius 3 is 2.14 bits per heavy atom. The Kier molecular flexibility index (Phi) is 6.10. The Morgan fingerprint density at radius 1 is 0.829 bits per heavy atom. The van der Waals surface area contributed by atoms with Gasteiger partial charge in [-0.15, -0.1) is 0 Å². The second-order valence-corrected chi connectivity index (χ2v) is 7.50. The summed E-state index contributed by atoms with van der Waals surface area (Å²) in [5.41, 5.74) is -1.90. The van der Waals surface area contributed by atoms with Gasteiger partial charge in [0.25, 0.3) is 5.91 Å². The van der Waals surface area contributed by atoms with Gasteiger partial charge in [-0.2, -0.15) is 26.3 Å². The summed E-state index contributed by atoms with van der Waals surface area (Å²) < 4.78 is 77.9. The van der Waals surface area contributed by atoms with E-state index in [0.29, 0.717) is 11.8 Å². The van der Waals surface area contributed by atoms with Crippen molar-refractivity contribution in [2.24, 2.45) is 5.16 Å². The third kappa shape index (κ3) is 5.03. The highest BCUT2D eigenvalue weighted by Crippen LogP contribution is 2.33. The molecule has 4 rings (SSSR count). The minimum Gasteiger partial charge on any atom is -0.312 e. The van der Waals surface area contributed by atoms with Crippen molar-refractivity contribution in [1.82, 2.24) is 0 Å². The van der Waals surface area contributed by atoms with E-state index in [1.165, 1.54) is 29.2 Å². The first-order chi connectivity index (χ1) is 16.4. The SMILES string of the molecule is O=C(O/N=C1/C(=O)N(Cc2cccc(C(F)(F)F)c2)c2ccccc21)c1cccc(C(F)(F)F)c1. The van der Waals surface area contributed by atoms with Crippen molar-refractivity contribution in [2.75, 3.05) is 4.90 Å². The molecule has 0 fully saturated rings. The third-order valence-corrected chi connectivity index (χ3v) is 5.14. The van der Waals surface area contributed by atoms with Crippen molar-refractivity contribution in [3.8, 4) is 0 Å². The van der Waals surface area contributed by atoms with Crippen LogP contribution in [-0.4, -0.2) is 17.6 Å². The van der Waals surface area contributed by atoms with Gasteiger partial charge in [0.15, 0.2) is 5.71 Å². The van der Waals surface area contributed by atoms with Gasteiger partial charge >= 0.3 is 18.3 Å². The summed E-state index contributed by atoms with van der Waals surface area (Å²) in [4.78, 5) is 31.2. The molecule has 0 aromatic heterocycles. The molecule has 0 saturated heterocycles. The molecule has 3 aromatic carbocycles. The van der Waals surface area contributed by atoms with Crippen LogP contribution in [0.4, 0.5) is 32.0 Å². The molecule has 0 unspecified atom stereocenters. The fraction of sp³-hybridized carbons (Fsp3) is 0.125. The van der Waals surface area contributed by atoms with E-state index >= 15 is 0 Å². The van der Waals surface area contributed by atoms with Crippen LogP contribution in [0.25, 0.3) is 0 Å². The number of amides is 1. The van der Waals surface area contributed by atoms with Gasteiger partial charge in [-0.05, 0) is 42.0 Å². The number of rotatable bonds is 4. The van der Waals surface area contributed by atoms with Gasteiger partial charge in [0, 0.05) is 5.56 Å². The van der Waals surface area contributed by atoms with Crippen molar-refractivity contribution in [2.45, 2.75) is 18.9 Å². The van der Waals surface area contributed by atoms with E-state index in [4.69, 9.17) is 4.84 Å².